The molecule has 0 bridgehead atoms. The molecule has 1 saturated carbocycles. The van der Waals surface area contributed by atoms with E-state index in [4.69, 9.17) is 9.84 Å². The topological polar surface area (TPSA) is 80.7 Å². The number of carboxylic acids is 1. The molecule has 1 N–H and O–H groups in total. The largest absolute Gasteiger partial charge is 0.497 e. The maximum absolute atomic E-state index is 11.5. The van der Waals surface area contributed by atoms with Gasteiger partial charge in [-0.05, 0) is 17.7 Å². The van der Waals surface area contributed by atoms with Gasteiger partial charge in [-0.25, -0.2) is 8.42 Å². The van der Waals surface area contributed by atoms with Gasteiger partial charge >= 0.3 is 5.97 Å². The lowest BCUT2D eigenvalue weighted by Gasteiger charge is -2.02. The lowest BCUT2D eigenvalue weighted by molar-refractivity contribution is -0.138. The molecule has 3 atom stereocenters. The third-order valence-electron chi connectivity index (χ3n) is 3.23. The summed E-state index contributed by atoms with van der Waals surface area (Å²) < 4.78 is 28.1. The molecule has 0 unspecified atom stereocenters. The minimum absolute atomic E-state index is 0.455. The molecule has 1 aliphatic rings. The van der Waals surface area contributed by atoms with Crippen molar-refractivity contribution in [3.63, 3.8) is 0 Å². The van der Waals surface area contributed by atoms with E-state index in [9.17, 15) is 13.2 Å². The minimum Gasteiger partial charge on any atom is -0.497 e. The number of carbonyl (C=O) groups is 1. The van der Waals surface area contributed by atoms with Gasteiger partial charge in [-0.2, -0.15) is 0 Å². The van der Waals surface area contributed by atoms with Crippen LogP contribution in [0.15, 0.2) is 24.3 Å². The molecule has 0 amide bonds. The van der Waals surface area contributed by atoms with Gasteiger partial charge in [0, 0.05) is 12.2 Å². The van der Waals surface area contributed by atoms with Crippen LogP contribution < -0.4 is 4.74 Å². The Morgan fingerprint density at radius 1 is 1.28 bits per heavy atom. The summed E-state index contributed by atoms with van der Waals surface area (Å²) in [7, 11) is -1.82. The monoisotopic (exact) mass is 270 g/mol. The molecule has 0 radical (unpaired) electrons. The fraction of sp³-hybridized carbons (Fsp3) is 0.417. The Kier molecular flexibility index (Phi) is 3.06. The van der Waals surface area contributed by atoms with Gasteiger partial charge in [0.1, 0.15) is 5.75 Å². The number of hydrogen-bond acceptors (Lipinski definition) is 4. The van der Waals surface area contributed by atoms with E-state index in [1.54, 1.807) is 24.3 Å². The predicted molar refractivity (Wildman–Crippen MR) is 65.5 cm³/mol. The van der Waals surface area contributed by atoms with E-state index in [2.05, 4.69) is 0 Å². The summed E-state index contributed by atoms with van der Waals surface area (Å²) in [6.07, 6.45) is 1.08. The maximum atomic E-state index is 11.5. The zero-order chi connectivity index (χ0) is 13.5. The second kappa shape index (κ2) is 4.28. The molecule has 0 spiro atoms. The maximum Gasteiger partial charge on any atom is 0.308 e. The molecule has 18 heavy (non-hydrogen) atoms. The predicted octanol–water partition coefficient (Wildman–Crippen LogP) is 0.906. The van der Waals surface area contributed by atoms with E-state index in [1.807, 2.05) is 0 Å². The van der Waals surface area contributed by atoms with E-state index < -0.39 is 32.9 Å². The van der Waals surface area contributed by atoms with Crippen LogP contribution in [-0.2, 0) is 14.6 Å². The standard InChI is InChI=1S/C12H14O5S/c1-17-8-5-3-7(4-6-8)9-10(12(13)14)11(9)18(2,15)16/h3-6,9-11H,1-2H3,(H,13,14)/t9-,10-,11+/m0/s1. The van der Waals surface area contributed by atoms with Crippen molar-refractivity contribution in [2.75, 3.05) is 13.4 Å². The van der Waals surface area contributed by atoms with Gasteiger partial charge in [0.2, 0.25) is 0 Å². The minimum atomic E-state index is -3.35. The second-order valence-corrected chi connectivity index (χ2v) is 6.66. The first-order valence-electron chi connectivity index (χ1n) is 5.42. The zero-order valence-electron chi connectivity index (χ0n) is 10.0. The van der Waals surface area contributed by atoms with E-state index >= 15 is 0 Å². The number of carboxylic acid groups (broad SMARTS) is 1. The summed E-state index contributed by atoms with van der Waals surface area (Å²) in [4.78, 5) is 11.0. The Bertz CT molecular complexity index is 561. The fourth-order valence-electron chi connectivity index (χ4n) is 2.33. The van der Waals surface area contributed by atoms with Gasteiger partial charge < -0.3 is 9.84 Å². The summed E-state index contributed by atoms with van der Waals surface area (Å²) in [5.74, 6) is -1.70. The third-order valence-corrected chi connectivity index (χ3v) is 4.81. The highest BCUT2D eigenvalue weighted by atomic mass is 32.2. The number of ether oxygens (including phenoxy) is 1. The average molecular weight is 270 g/mol. The highest BCUT2D eigenvalue weighted by Gasteiger charge is 2.61. The molecule has 0 saturated heterocycles. The normalized spacial score (nSPS) is 26.7. The number of sulfone groups is 1. The summed E-state index contributed by atoms with van der Waals surface area (Å²) in [6.45, 7) is 0. The number of aliphatic carboxylic acids is 1. The Hall–Kier alpha value is -1.56. The van der Waals surface area contributed by atoms with Crippen molar-refractivity contribution in [1.29, 1.82) is 0 Å². The molecule has 98 valence electrons. The SMILES string of the molecule is COc1ccc([C@H]2[C@H](C(=O)O)[C@@H]2S(C)(=O)=O)cc1. The van der Waals surface area contributed by atoms with E-state index in [0.717, 1.165) is 11.8 Å². The highest BCUT2D eigenvalue weighted by Crippen LogP contribution is 2.52. The average Bonchev–Trinajstić information content (AvgIpc) is 3.04. The Morgan fingerprint density at radius 3 is 2.17 bits per heavy atom. The van der Waals surface area contributed by atoms with E-state index in [0.29, 0.717) is 5.75 Å². The molecule has 2 rings (SSSR count). The lowest BCUT2D eigenvalue weighted by atomic mass is 10.1. The molecule has 6 heteroatoms. The molecule has 0 heterocycles. The summed E-state index contributed by atoms with van der Waals surface area (Å²) in [5, 5.41) is 8.21. The van der Waals surface area contributed by atoms with Crippen molar-refractivity contribution >= 4 is 15.8 Å². The van der Waals surface area contributed by atoms with E-state index in [-0.39, 0.29) is 0 Å². The van der Waals surface area contributed by atoms with Crippen molar-refractivity contribution in [2.24, 2.45) is 5.92 Å². The van der Waals surface area contributed by atoms with Gasteiger partial charge in [0.05, 0.1) is 18.3 Å². The summed E-state index contributed by atoms with van der Waals surface area (Å²) in [5.41, 5.74) is 0.721. The highest BCUT2D eigenvalue weighted by molar-refractivity contribution is 7.91. The summed E-state index contributed by atoms with van der Waals surface area (Å²) in [6, 6.07) is 6.83. The van der Waals surface area contributed by atoms with Crippen LogP contribution in [0, 0.1) is 5.92 Å². The number of hydrogen-bond donors (Lipinski definition) is 1. The van der Waals surface area contributed by atoms with Gasteiger partial charge in [0.15, 0.2) is 9.84 Å². The fourth-order valence-corrected chi connectivity index (χ4v) is 3.92. The van der Waals surface area contributed by atoms with E-state index in [1.165, 1.54) is 7.11 Å². The Morgan fingerprint density at radius 2 is 1.83 bits per heavy atom. The molecule has 1 aromatic carbocycles. The molecule has 0 aromatic heterocycles. The van der Waals surface area contributed by atoms with Crippen LogP contribution in [0.5, 0.6) is 5.75 Å². The molecular formula is C12H14O5S. The van der Waals surface area contributed by atoms with Crippen LogP contribution in [0.3, 0.4) is 0 Å². The third kappa shape index (κ3) is 2.20. The van der Waals surface area contributed by atoms with Gasteiger partial charge in [-0.1, -0.05) is 12.1 Å². The quantitative estimate of drug-likeness (QED) is 0.879. The Balaban J connectivity index is 2.30. The second-order valence-electron chi connectivity index (χ2n) is 4.46. The molecule has 1 aromatic rings. The first-order chi connectivity index (χ1) is 8.36. The van der Waals surface area contributed by atoms with Crippen LogP contribution in [0.25, 0.3) is 0 Å². The molecule has 1 fully saturated rings. The van der Waals surface area contributed by atoms with Crippen molar-refractivity contribution in [1.82, 2.24) is 0 Å². The van der Waals surface area contributed by atoms with Crippen molar-refractivity contribution in [2.45, 2.75) is 11.2 Å². The summed E-state index contributed by atoms with van der Waals surface area (Å²) >= 11 is 0. The number of benzene rings is 1. The first-order valence-corrected chi connectivity index (χ1v) is 7.37. The molecule has 5 nitrogen and oxygen atoms in total. The lowest BCUT2D eigenvalue weighted by Crippen LogP contribution is -2.10. The van der Waals surface area contributed by atoms with Gasteiger partial charge in [-0.3, -0.25) is 4.79 Å². The van der Waals surface area contributed by atoms with Crippen molar-refractivity contribution in [3.05, 3.63) is 29.8 Å². The van der Waals surface area contributed by atoms with Gasteiger partial charge in [0.25, 0.3) is 0 Å². The van der Waals surface area contributed by atoms with Crippen LogP contribution in [0.1, 0.15) is 11.5 Å². The van der Waals surface area contributed by atoms with Crippen LogP contribution in [0.2, 0.25) is 0 Å². The van der Waals surface area contributed by atoms with Gasteiger partial charge in [-0.15, -0.1) is 0 Å². The molecule has 1 aliphatic carbocycles. The van der Waals surface area contributed by atoms with Crippen molar-refractivity contribution < 1.29 is 23.1 Å². The van der Waals surface area contributed by atoms with Crippen LogP contribution in [-0.4, -0.2) is 38.1 Å². The zero-order valence-corrected chi connectivity index (χ0v) is 10.8. The van der Waals surface area contributed by atoms with Crippen LogP contribution in [0.4, 0.5) is 0 Å². The van der Waals surface area contributed by atoms with Crippen LogP contribution >= 0.6 is 0 Å². The molecular weight excluding hydrogens is 256 g/mol. The number of rotatable bonds is 4. The Labute approximate surface area is 105 Å². The van der Waals surface area contributed by atoms with Crippen molar-refractivity contribution in [3.8, 4) is 5.75 Å². The number of methoxy groups -OCH3 is 1. The molecule has 0 aliphatic heterocycles. The first kappa shape index (κ1) is 12.9. The smallest absolute Gasteiger partial charge is 0.308 e.